The molecule has 0 aromatic heterocycles. The normalized spacial score (nSPS) is 13.2. The summed E-state index contributed by atoms with van der Waals surface area (Å²) in [6, 6.07) is 0.0640. The van der Waals surface area contributed by atoms with Gasteiger partial charge in [-0.1, -0.05) is 32.8 Å². The molecule has 0 aliphatic heterocycles. The molecule has 0 aliphatic carbocycles. The van der Waals surface area contributed by atoms with E-state index < -0.39 is 10.8 Å². The Kier molecular flexibility index (Phi) is 12.0. The molecule has 0 saturated heterocycles. The third kappa shape index (κ3) is 10.7. The molecule has 0 spiro atoms. The number of nitrogens with zero attached hydrogens (tertiary/aromatic N) is 3. The third-order valence-corrected chi connectivity index (χ3v) is 4.93. The van der Waals surface area contributed by atoms with Gasteiger partial charge in [0, 0.05) is 34.9 Å². The van der Waals surface area contributed by atoms with Gasteiger partial charge in [-0.05, 0) is 51.5 Å². The van der Waals surface area contributed by atoms with E-state index in [1.54, 1.807) is 0 Å². The molecule has 29 heavy (non-hydrogen) atoms. The minimum Gasteiger partial charge on any atom is -0.356 e. The molecule has 166 valence electrons. The van der Waals surface area contributed by atoms with Gasteiger partial charge in [0.05, 0.1) is 0 Å². The Morgan fingerprint density at radius 3 is 2.10 bits per heavy atom. The van der Waals surface area contributed by atoms with Crippen molar-refractivity contribution in [3.05, 3.63) is 10.4 Å². The highest BCUT2D eigenvalue weighted by Crippen LogP contribution is 2.37. The van der Waals surface area contributed by atoms with Crippen LogP contribution in [0.15, 0.2) is 5.11 Å². The summed E-state index contributed by atoms with van der Waals surface area (Å²) in [5, 5.41) is 11.8. The van der Waals surface area contributed by atoms with Gasteiger partial charge in [-0.25, -0.2) is 0 Å². The zero-order chi connectivity index (χ0) is 22.5. The van der Waals surface area contributed by atoms with Crippen molar-refractivity contribution < 1.29 is 14.4 Å². The van der Waals surface area contributed by atoms with Crippen LogP contribution in [-0.4, -0.2) is 43.4 Å². The smallest absolute Gasteiger partial charge is 0.226 e. The van der Waals surface area contributed by atoms with Crippen molar-refractivity contribution in [2.24, 2.45) is 15.9 Å². The second kappa shape index (κ2) is 13.0. The molecule has 0 aromatic rings. The zero-order valence-electron chi connectivity index (χ0n) is 18.8. The maximum absolute atomic E-state index is 12.6. The van der Waals surface area contributed by atoms with Crippen LogP contribution in [0.25, 0.3) is 10.4 Å². The van der Waals surface area contributed by atoms with Gasteiger partial charge in [0.1, 0.15) is 6.54 Å². The molecule has 0 heterocycles. The Hall–Kier alpha value is -2.28. The average molecular weight is 411 g/mol. The van der Waals surface area contributed by atoms with Crippen molar-refractivity contribution in [1.29, 1.82) is 0 Å². The summed E-state index contributed by atoms with van der Waals surface area (Å²) in [5.74, 6) is -0.367. The van der Waals surface area contributed by atoms with E-state index in [0.717, 1.165) is 19.3 Å². The maximum Gasteiger partial charge on any atom is 0.226 e. The Bertz CT molecular complexity index is 599. The van der Waals surface area contributed by atoms with Crippen LogP contribution < -0.4 is 16.0 Å². The van der Waals surface area contributed by atoms with Crippen LogP contribution in [0, 0.1) is 10.8 Å². The first-order valence-corrected chi connectivity index (χ1v) is 10.4. The van der Waals surface area contributed by atoms with E-state index in [0.29, 0.717) is 25.9 Å². The first-order chi connectivity index (χ1) is 13.5. The molecule has 9 nitrogen and oxygen atoms in total. The summed E-state index contributed by atoms with van der Waals surface area (Å²) in [5.41, 5.74) is 6.89. The van der Waals surface area contributed by atoms with Gasteiger partial charge in [0.25, 0.3) is 0 Å². The highest BCUT2D eigenvalue weighted by Gasteiger charge is 2.40. The van der Waals surface area contributed by atoms with Gasteiger partial charge in [-0.2, -0.15) is 0 Å². The van der Waals surface area contributed by atoms with E-state index in [4.69, 9.17) is 5.53 Å². The van der Waals surface area contributed by atoms with E-state index in [9.17, 15) is 14.4 Å². The summed E-state index contributed by atoms with van der Waals surface area (Å²) in [6.07, 6.45) is 3.56. The number of rotatable bonds is 14. The van der Waals surface area contributed by atoms with Crippen molar-refractivity contribution in [1.82, 2.24) is 16.0 Å². The van der Waals surface area contributed by atoms with Crippen molar-refractivity contribution in [2.45, 2.75) is 79.7 Å². The largest absolute Gasteiger partial charge is 0.356 e. The number of amides is 3. The fraction of sp³-hybridized carbons (Fsp3) is 0.850. The van der Waals surface area contributed by atoms with Gasteiger partial charge in [0.15, 0.2) is 0 Å². The molecule has 0 fully saturated rings. The SMILES string of the molecule is CCC(C)(CC(C)(C)C(=O)NCCCCCNC(=O)CN=[N+]=[N-])C(=O)NC(C)C. The highest BCUT2D eigenvalue weighted by atomic mass is 16.2. The van der Waals surface area contributed by atoms with Crippen molar-refractivity contribution in [2.75, 3.05) is 19.6 Å². The van der Waals surface area contributed by atoms with Gasteiger partial charge in [-0.15, -0.1) is 0 Å². The average Bonchev–Trinajstić information content (AvgIpc) is 2.64. The topological polar surface area (TPSA) is 136 Å². The van der Waals surface area contributed by atoms with E-state index in [2.05, 4.69) is 26.0 Å². The van der Waals surface area contributed by atoms with Gasteiger partial charge in [0.2, 0.25) is 17.7 Å². The number of azide groups is 1. The van der Waals surface area contributed by atoms with Gasteiger partial charge >= 0.3 is 0 Å². The Balaban J connectivity index is 4.32. The number of hydrogen-bond acceptors (Lipinski definition) is 4. The number of carbonyl (C=O) groups excluding carboxylic acids is 3. The molecule has 3 N–H and O–H groups in total. The molecular weight excluding hydrogens is 372 g/mol. The summed E-state index contributed by atoms with van der Waals surface area (Å²) < 4.78 is 0. The van der Waals surface area contributed by atoms with Gasteiger partial charge < -0.3 is 16.0 Å². The molecule has 9 heteroatoms. The Morgan fingerprint density at radius 1 is 1.00 bits per heavy atom. The van der Waals surface area contributed by atoms with Crippen LogP contribution in [0.2, 0.25) is 0 Å². The van der Waals surface area contributed by atoms with E-state index >= 15 is 0 Å². The first-order valence-electron chi connectivity index (χ1n) is 10.4. The van der Waals surface area contributed by atoms with Crippen molar-refractivity contribution in [3.63, 3.8) is 0 Å². The number of unbranched alkanes of at least 4 members (excludes halogenated alkanes) is 2. The zero-order valence-corrected chi connectivity index (χ0v) is 18.8. The van der Waals surface area contributed by atoms with Crippen molar-refractivity contribution >= 4 is 17.7 Å². The molecule has 0 saturated carbocycles. The lowest BCUT2D eigenvalue weighted by Gasteiger charge is -2.35. The van der Waals surface area contributed by atoms with E-state index in [-0.39, 0.29) is 30.3 Å². The molecule has 0 radical (unpaired) electrons. The molecule has 3 amide bonds. The Morgan fingerprint density at radius 2 is 1.59 bits per heavy atom. The van der Waals surface area contributed by atoms with Crippen LogP contribution in [0.3, 0.4) is 0 Å². The second-order valence-corrected chi connectivity index (χ2v) is 8.66. The molecule has 0 bridgehead atoms. The van der Waals surface area contributed by atoms with Crippen LogP contribution in [-0.2, 0) is 14.4 Å². The molecule has 0 rings (SSSR count). The minimum absolute atomic E-state index is 0.0154. The highest BCUT2D eigenvalue weighted by molar-refractivity contribution is 5.86. The molecule has 0 aromatic carbocycles. The molecular formula is C20H38N6O3. The molecule has 0 aliphatic rings. The third-order valence-electron chi connectivity index (χ3n) is 4.93. The minimum atomic E-state index is -0.658. The predicted octanol–water partition coefficient (Wildman–Crippen LogP) is 3.06. The van der Waals surface area contributed by atoms with Crippen LogP contribution in [0.5, 0.6) is 0 Å². The van der Waals surface area contributed by atoms with Crippen LogP contribution >= 0.6 is 0 Å². The number of nitrogens with one attached hydrogen (secondary N) is 3. The lowest BCUT2D eigenvalue weighted by Crippen LogP contribution is -2.47. The number of hydrogen-bond donors (Lipinski definition) is 3. The second-order valence-electron chi connectivity index (χ2n) is 8.66. The van der Waals surface area contributed by atoms with Crippen molar-refractivity contribution in [3.8, 4) is 0 Å². The summed E-state index contributed by atoms with van der Waals surface area (Å²) in [4.78, 5) is 39.0. The summed E-state index contributed by atoms with van der Waals surface area (Å²) in [6.45, 7) is 12.4. The van der Waals surface area contributed by atoms with E-state index in [1.807, 2.05) is 41.5 Å². The van der Waals surface area contributed by atoms with Gasteiger partial charge in [-0.3, -0.25) is 14.4 Å². The number of carbonyl (C=O) groups is 3. The Labute approximate surface area is 174 Å². The predicted molar refractivity (Wildman–Crippen MR) is 114 cm³/mol. The molecule has 1 atom stereocenters. The standard InChI is InChI=1S/C20H38N6O3/c1-7-20(6,18(29)25-15(2)3)14-19(4,5)17(28)23-12-10-8-9-11-22-16(27)13-24-26-21/h15H,7-14H2,1-6H3,(H,22,27)(H,23,28)(H,25,29). The molecule has 1 unspecified atom stereocenters. The fourth-order valence-electron chi connectivity index (χ4n) is 3.11. The maximum atomic E-state index is 12.6. The van der Waals surface area contributed by atoms with Crippen LogP contribution in [0.1, 0.15) is 73.6 Å². The first kappa shape index (κ1) is 26.7. The van der Waals surface area contributed by atoms with E-state index in [1.165, 1.54) is 0 Å². The fourth-order valence-corrected chi connectivity index (χ4v) is 3.11. The quantitative estimate of drug-likeness (QED) is 0.176. The summed E-state index contributed by atoms with van der Waals surface area (Å²) in [7, 11) is 0. The van der Waals surface area contributed by atoms with Crippen LogP contribution in [0.4, 0.5) is 0 Å². The monoisotopic (exact) mass is 410 g/mol. The lowest BCUT2D eigenvalue weighted by atomic mass is 9.71. The summed E-state index contributed by atoms with van der Waals surface area (Å²) >= 11 is 0. The lowest BCUT2D eigenvalue weighted by molar-refractivity contribution is -0.137.